The molecule has 3 unspecified atom stereocenters. The Morgan fingerprint density at radius 2 is 0.789 bits per heavy atom. The highest BCUT2D eigenvalue weighted by Crippen LogP contribution is 2.36. The van der Waals surface area contributed by atoms with Crippen molar-refractivity contribution in [3.05, 3.63) is 46.5 Å². The van der Waals surface area contributed by atoms with E-state index in [2.05, 4.69) is 0 Å². The lowest BCUT2D eigenvalue weighted by atomic mass is 9.95. The number of methoxy groups -OCH3 is 4. The molecule has 0 radical (unpaired) electrons. The lowest BCUT2D eigenvalue weighted by Crippen LogP contribution is -2.16. The number of phenolic OH excluding ortho intramolecular Hbond substituents is 2. The Kier molecular flexibility index (Phi) is 14.0. The smallest absolute Gasteiger partial charge is 0.126 e. The van der Waals surface area contributed by atoms with Crippen LogP contribution in [-0.4, -0.2) is 76.8 Å². The van der Waals surface area contributed by atoms with Gasteiger partial charge >= 0.3 is 0 Å². The Balaban J connectivity index is 2.50. The zero-order chi connectivity index (χ0) is 28.1. The maximum absolute atomic E-state index is 11.1. The molecule has 214 valence electrons. The van der Waals surface area contributed by atoms with E-state index in [9.17, 15) is 10.2 Å². The zero-order valence-corrected chi connectivity index (χ0v) is 23.7. The second kappa shape index (κ2) is 16.7. The van der Waals surface area contributed by atoms with Gasteiger partial charge in [-0.3, -0.25) is 0 Å². The van der Waals surface area contributed by atoms with E-state index < -0.39 is 0 Å². The minimum Gasteiger partial charge on any atom is -0.507 e. The van der Waals surface area contributed by atoms with E-state index in [1.54, 1.807) is 28.4 Å². The molecule has 0 heterocycles. The molecule has 2 N–H and O–H groups in total. The normalized spacial score (nSPS) is 14.0. The fourth-order valence-electron chi connectivity index (χ4n) is 3.99. The van der Waals surface area contributed by atoms with Gasteiger partial charge in [-0.1, -0.05) is 0 Å². The molecular weight excluding hydrogens is 492 g/mol. The quantitative estimate of drug-likeness (QED) is 0.284. The first-order chi connectivity index (χ1) is 18.2. The summed E-state index contributed by atoms with van der Waals surface area (Å²) in [6.07, 6.45) is -0.438. The van der Waals surface area contributed by atoms with E-state index >= 15 is 0 Å². The average Bonchev–Trinajstić information content (AvgIpc) is 2.88. The number of aromatic hydroxyl groups is 2. The number of phenols is 2. The van der Waals surface area contributed by atoms with Crippen LogP contribution < -0.4 is 0 Å². The standard InChI is InChI=1S/C29H44O9/c1-19(12-32-4)36-16-25-9-22(8-24(15-35-7)28(25)30)23-10-26(17-37-20(2)13-33-5)29(31)27(11-23)18-38-21(3)14-34-6/h8-11,19-21,30-31H,12-18H2,1-7H3. The van der Waals surface area contributed by atoms with Crippen LogP contribution in [0.1, 0.15) is 43.0 Å². The molecule has 0 spiro atoms. The molecule has 0 amide bonds. The summed E-state index contributed by atoms with van der Waals surface area (Å²) < 4.78 is 38.5. The van der Waals surface area contributed by atoms with Crippen LogP contribution >= 0.6 is 0 Å². The number of benzene rings is 2. The van der Waals surface area contributed by atoms with Crippen molar-refractivity contribution in [3.8, 4) is 22.6 Å². The highest BCUT2D eigenvalue weighted by atomic mass is 16.5. The van der Waals surface area contributed by atoms with Gasteiger partial charge in [0.2, 0.25) is 0 Å². The van der Waals surface area contributed by atoms with Crippen LogP contribution in [0.3, 0.4) is 0 Å². The molecule has 3 atom stereocenters. The van der Waals surface area contributed by atoms with E-state index in [0.29, 0.717) is 42.1 Å². The van der Waals surface area contributed by atoms with Crippen LogP contribution in [0.15, 0.2) is 24.3 Å². The SMILES string of the molecule is COCc1cc(-c2cc(COC(C)COC)c(O)c(COC(C)COC)c2)cc(COC(C)COC)c1O. The van der Waals surface area contributed by atoms with Gasteiger partial charge in [-0.2, -0.15) is 0 Å². The Morgan fingerprint density at radius 1 is 0.500 bits per heavy atom. The molecular formula is C29H44O9. The molecule has 0 aliphatic rings. The summed E-state index contributed by atoms with van der Waals surface area (Å²) in [6, 6.07) is 7.54. The van der Waals surface area contributed by atoms with Crippen LogP contribution in [-0.2, 0) is 59.6 Å². The molecule has 2 aromatic rings. The van der Waals surface area contributed by atoms with Crippen molar-refractivity contribution in [2.45, 2.75) is 65.5 Å². The highest BCUT2D eigenvalue weighted by molar-refractivity contribution is 5.70. The van der Waals surface area contributed by atoms with Gasteiger partial charge in [0.15, 0.2) is 0 Å². The molecule has 2 rings (SSSR count). The molecule has 0 aliphatic heterocycles. The maximum Gasteiger partial charge on any atom is 0.126 e. The summed E-state index contributed by atoms with van der Waals surface area (Å²) in [4.78, 5) is 0. The third kappa shape index (κ3) is 9.81. The first-order valence-electron chi connectivity index (χ1n) is 12.7. The van der Waals surface area contributed by atoms with Crippen LogP contribution in [0.4, 0.5) is 0 Å². The average molecular weight is 537 g/mol. The molecule has 0 aromatic heterocycles. The Bertz CT molecular complexity index is 942. The monoisotopic (exact) mass is 536 g/mol. The lowest BCUT2D eigenvalue weighted by molar-refractivity contribution is -0.00329. The van der Waals surface area contributed by atoms with Crippen molar-refractivity contribution in [1.82, 2.24) is 0 Å². The predicted octanol–water partition coefficient (Wildman–Crippen LogP) is 4.57. The van der Waals surface area contributed by atoms with Crippen molar-refractivity contribution in [1.29, 1.82) is 0 Å². The number of ether oxygens (including phenoxy) is 7. The van der Waals surface area contributed by atoms with Gasteiger partial charge in [-0.25, -0.2) is 0 Å². The minimum atomic E-state index is -0.149. The van der Waals surface area contributed by atoms with E-state index in [1.165, 1.54) is 0 Å². The molecule has 9 nitrogen and oxygen atoms in total. The Hall–Kier alpha value is -2.24. The second-order valence-electron chi connectivity index (χ2n) is 9.45. The third-order valence-corrected chi connectivity index (χ3v) is 5.94. The van der Waals surface area contributed by atoms with E-state index in [-0.39, 0.29) is 56.2 Å². The van der Waals surface area contributed by atoms with E-state index in [0.717, 1.165) is 11.1 Å². The van der Waals surface area contributed by atoms with Crippen LogP contribution in [0.5, 0.6) is 11.5 Å². The number of hydrogen-bond acceptors (Lipinski definition) is 9. The van der Waals surface area contributed by atoms with Gasteiger partial charge in [0.25, 0.3) is 0 Å². The first kappa shape index (κ1) is 32.0. The van der Waals surface area contributed by atoms with Crippen LogP contribution in [0.25, 0.3) is 11.1 Å². The summed E-state index contributed by atoms with van der Waals surface area (Å²) in [5.41, 5.74) is 4.18. The van der Waals surface area contributed by atoms with Gasteiger partial charge in [0.1, 0.15) is 11.5 Å². The predicted molar refractivity (Wildman–Crippen MR) is 144 cm³/mol. The molecule has 0 fully saturated rings. The molecule has 9 heteroatoms. The van der Waals surface area contributed by atoms with Crippen molar-refractivity contribution in [2.75, 3.05) is 48.3 Å². The third-order valence-electron chi connectivity index (χ3n) is 5.94. The van der Waals surface area contributed by atoms with Crippen molar-refractivity contribution >= 4 is 0 Å². The summed E-state index contributed by atoms with van der Waals surface area (Å²) in [5.74, 6) is 0.253. The number of rotatable bonds is 18. The van der Waals surface area contributed by atoms with Gasteiger partial charge in [0, 0.05) is 50.7 Å². The fourth-order valence-corrected chi connectivity index (χ4v) is 3.99. The molecule has 38 heavy (non-hydrogen) atoms. The van der Waals surface area contributed by atoms with E-state index in [4.69, 9.17) is 33.2 Å². The summed E-state index contributed by atoms with van der Waals surface area (Å²) in [5, 5.41) is 21.9. The largest absolute Gasteiger partial charge is 0.507 e. The van der Waals surface area contributed by atoms with E-state index in [1.807, 2.05) is 45.0 Å². The van der Waals surface area contributed by atoms with Crippen molar-refractivity contribution < 1.29 is 43.4 Å². The maximum atomic E-state index is 11.1. The number of hydrogen-bond donors (Lipinski definition) is 2. The van der Waals surface area contributed by atoms with Gasteiger partial charge in [-0.05, 0) is 56.2 Å². The Labute approximate surface area is 226 Å². The van der Waals surface area contributed by atoms with Gasteiger partial charge in [-0.15, -0.1) is 0 Å². The highest BCUT2D eigenvalue weighted by Gasteiger charge is 2.18. The van der Waals surface area contributed by atoms with Crippen LogP contribution in [0, 0.1) is 0 Å². The molecule has 0 aliphatic carbocycles. The minimum absolute atomic E-state index is 0.121. The zero-order valence-electron chi connectivity index (χ0n) is 23.7. The topological polar surface area (TPSA) is 105 Å². The summed E-state index contributed by atoms with van der Waals surface area (Å²) in [6.45, 7) is 7.87. The summed E-state index contributed by atoms with van der Waals surface area (Å²) in [7, 11) is 6.44. The molecule has 0 bridgehead atoms. The molecule has 0 saturated carbocycles. The fraction of sp³-hybridized carbons (Fsp3) is 0.586. The van der Waals surface area contributed by atoms with Crippen LogP contribution in [0.2, 0.25) is 0 Å². The molecule has 0 saturated heterocycles. The Morgan fingerprint density at radius 3 is 1.05 bits per heavy atom. The summed E-state index contributed by atoms with van der Waals surface area (Å²) >= 11 is 0. The first-order valence-corrected chi connectivity index (χ1v) is 12.7. The lowest BCUT2D eigenvalue weighted by Gasteiger charge is -2.19. The molecule has 2 aromatic carbocycles. The van der Waals surface area contributed by atoms with Crippen molar-refractivity contribution in [3.63, 3.8) is 0 Å². The second-order valence-corrected chi connectivity index (χ2v) is 9.45. The van der Waals surface area contributed by atoms with Crippen molar-refractivity contribution in [2.24, 2.45) is 0 Å². The van der Waals surface area contributed by atoms with Gasteiger partial charge < -0.3 is 43.4 Å². The van der Waals surface area contributed by atoms with Gasteiger partial charge in [0.05, 0.1) is 64.6 Å².